The Labute approximate surface area is 71.3 Å². The largest absolute Gasteiger partial charge is 0.264 e. The van der Waals surface area contributed by atoms with Gasteiger partial charge >= 0.3 is 0 Å². The topological polar surface area (TPSA) is 36.7 Å². The summed E-state index contributed by atoms with van der Waals surface area (Å²) in [5.41, 5.74) is 0. The molecular weight excluding hydrogens is 156 g/mol. The molecule has 0 saturated heterocycles. The van der Waals surface area contributed by atoms with Crippen LogP contribution in [0.15, 0.2) is 29.4 Å². The van der Waals surface area contributed by atoms with Gasteiger partial charge in [-0.25, -0.2) is 0 Å². The average Bonchev–Trinajstić information content (AvgIpc) is 2.11. The van der Waals surface area contributed by atoms with Gasteiger partial charge < -0.3 is 0 Å². The van der Waals surface area contributed by atoms with E-state index in [0.29, 0.717) is 0 Å². The van der Waals surface area contributed by atoms with Crippen molar-refractivity contribution in [1.29, 1.82) is 5.26 Å². The summed E-state index contributed by atoms with van der Waals surface area (Å²) in [4.78, 5) is 4.72. The van der Waals surface area contributed by atoms with Crippen molar-refractivity contribution in [3.8, 4) is 5.40 Å². The number of nitrogens with zero attached hydrogens (tertiary/aromatic N) is 2. The Hall–Kier alpha value is -1.01. The van der Waals surface area contributed by atoms with Crippen molar-refractivity contribution in [3.63, 3.8) is 0 Å². The summed E-state index contributed by atoms with van der Waals surface area (Å²) in [7, 11) is 0. The maximum absolute atomic E-state index is 8.20. The second-order valence-corrected chi connectivity index (χ2v) is 2.24. The SMILES string of the molecule is CC.N#CSc1cccnc1. The van der Waals surface area contributed by atoms with Crippen LogP contribution >= 0.6 is 11.8 Å². The molecule has 0 aliphatic heterocycles. The molecule has 0 aliphatic carbocycles. The summed E-state index contributed by atoms with van der Waals surface area (Å²) in [6.07, 6.45) is 3.34. The molecule has 0 aliphatic rings. The number of nitriles is 1. The highest BCUT2D eigenvalue weighted by atomic mass is 32.2. The lowest BCUT2D eigenvalue weighted by molar-refractivity contribution is 1.24. The Morgan fingerprint density at radius 3 is 2.73 bits per heavy atom. The van der Waals surface area contributed by atoms with Gasteiger partial charge in [0.25, 0.3) is 0 Å². The molecule has 3 heteroatoms. The van der Waals surface area contributed by atoms with E-state index in [9.17, 15) is 0 Å². The van der Waals surface area contributed by atoms with Crippen molar-refractivity contribution < 1.29 is 0 Å². The van der Waals surface area contributed by atoms with Gasteiger partial charge in [0.15, 0.2) is 0 Å². The number of hydrogen-bond donors (Lipinski definition) is 0. The first-order chi connectivity index (χ1) is 5.43. The number of thiocyanates is 1. The standard InChI is InChI=1S/C6H4N2S.C2H6/c7-5-9-6-2-1-3-8-4-6;1-2/h1-4H;1-2H3. The van der Waals surface area contributed by atoms with Crippen LogP contribution in [0.25, 0.3) is 0 Å². The van der Waals surface area contributed by atoms with Crippen LogP contribution in [0.5, 0.6) is 0 Å². The van der Waals surface area contributed by atoms with E-state index in [1.165, 1.54) is 0 Å². The van der Waals surface area contributed by atoms with E-state index < -0.39 is 0 Å². The highest BCUT2D eigenvalue weighted by molar-refractivity contribution is 8.03. The first-order valence-electron chi connectivity index (χ1n) is 3.39. The molecule has 0 N–H and O–H groups in total. The van der Waals surface area contributed by atoms with Crippen molar-refractivity contribution in [2.24, 2.45) is 0 Å². The summed E-state index contributed by atoms with van der Waals surface area (Å²) in [6, 6.07) is 3.65. The normalized spacial score (nSPS) is 7.36. The van der Waals surface area contributed by atoms with E-state index in [0.717, 1.165) is 16.7 Å². The van der Waals surface area contributed by atoms with Crippen LogP contribution in [0.2, 0.25) is 0 Å². The van der Waals surface area contributed by atoms with Crippen LogP contribution < -0.4 is 0 Å². The van der Waals surface area contributed by atoms with Gasteiger partial charge in [0.1, 0.15) is 5.40 Å². The van der Waals surface area contributed by atoms with Crippen LogP contribution in [0.4, 0.5) is 0 Å². The maximum atomic E-state index is 8.20. The van der Waals surface area contributed by atoms with E-state index in [1.807, 2.05) is 25.3 Å². The third-order valence-electron chi connectivity index (χ3n) is 0.798. The minimum Gasteiger partial charge on any atom is -0.264 e. The van der Waals surface area contributed by atoms with Gasteiger partial charge in [-0.2, -0.15) is 5.26 Å². The van der Waals surface area contributed by atoms with Crippen LogP contribution in [-0.4, -0.2) is 4.98 Å². The van der Waals surface area contributed by atoms with Crippen molar-refractivity contribution in [2.45, 2.75) is 18.7 Å². The third-order valence-corrected chi connectivity index (χ3v) is 1.37. The van der Waals surface area contributed by atoms with Crippen LogP contribution in [0.1, 0.15) is 13.8 Å². The van der Waals surface area contributed by atoms with Gasteiger partial charge in [-0.05, 0) is 23.9 Å². The van der Waals surface area contributed by atoms with E-state index in [1.54, 1.807) is 18.5 Å². The second kappa shape index (κ2) is 7.10. The van der Waals surface area contributed by atoms with E-state index in [-0.39, 0.29) is 0 Å². The van der Waals surface area contributed by atoms with Gasteiger partial charge in [-0.1, -0.05) is 13.8 Å². The molecule has 2 nitrogen and oxygen atoms in total. The summed E-state index contributed by atoms with van der Waals surface area (Å²) < 4.78 is 0. The molecular formula is C8H10N2S. The highest BCUT2D eigenvalue weighted by Crippen LogP contribution is 2.12. The molecule has 0 amide bonds. The van der Waals surface area contributed by atoms with Gasteiger partial charge in [-0.3, -0.25) is 4.98 Å². The van der Waals surface area contributed by atoms with Crippen LogP contribution in [0.3, 0.4) is 0 Å². The van der Waals surface area contributed by atoms with Crippen molar-refractivity contribution in [3.05, 3.63) is 24.5 Å². The summed E-state index contributed by atoms with van der Waals surface area (Å²) >= 11 is 1.12. The third kappa shape index (κ3) is 4.40. The molecule has 0 spiro atoms. The summed E-state index contributed by atoms with van der Waals surface area (Å²) in [6.45, 7) is 4.00. The van der Waals surface area contributed by atoms with E-state index >= 15 is 0 Å². The molecule has 58 valence electrons. The maximum Gasteiger partial charge on any atom is 0.138 e. The fraction of sp³-hybridized carbons (Fsp3) is 0.250. The molecule has 0 bridgehead atoms. The van der Waals surface area contributed by atoms with Crippen LogP contribution in [-0.2, 0) is 0 Å². The molecule has 1 aromatic heterocycles. The predicted octanol–water partition coefficient (Wildman–Crippen LogP) is 2.68. The van der Waals surface area contributed by atoms with Gasteiger partial charge in [0.2, 0.25) is 0 Å². The summed E-state index contributed by atoms with van der Waals surface area (Å²) in [5, 5.41) is 10.2. The molecule has 1 aromatic rings. The van der Waals surface area contributed by atoms with Crippen molar-refractivity contribution in [1.82, 2.24) is 4.98 Å². The van der Waals surface area contributed by atoms with Gasteiger partial charge in [0, 0.05) is 17.3 Å². The first kappa shape index (κ1) is 9.99. The lowest BCUT2D eigenvalue weighted by Crippen LogP contribution is -1.69. The Balaban J connectivity index is 0.000000461. The molecule has 0 atom stereocenters. The van der Waals surface area contributed by atoms with Crippen LogP contribution in [0, 0.1) is 10.7 Å². The van der Waals surface area contributed by atoms with Gasteiger partial charge in [-0.15, -0.1) is 0 Å². The number of thioether (sulfide) groups is 1. The molecule has 1 rings (SSSR count). The Bertz CT molecular complexity index is 215. The zero-order chi connectivity index (χ0) is 8.53. The minimum absolute atomic E-state index is 0.889. The fourth-order valence-corrected chi connectivity index (χ4v) is 0.826. The molecule has 0 radical (unpaired) electrons. The fourth-order valence-electron chi connectivity index (χ4n) is 0.460. The molecule has 0 aromatic carbocycles. The van der Waals surface area contributed by atoms with E-state index in [2.05, 4.69) is 4.98 Å². The Morgan fingerprint density at radius 1 is 1.55 bits per heavy atom. The number of pyridine rings is 1. The van der Waals surface area contributed by atoms with Crippen molar-refractivity contribution >= 4 is 11.8 Å². The molecule has 0 unspecified atom stereocenters. The van der Waals surface area contributed by atoms with E-state index in [4.69, 9.17) is 5.26 Å². The first-order valence-corrected chi connectivity index (χ1v) is 4.21. The minimum atomic E-state index is 0.889. The smallest absolute Gasteiger partial charge is 0.138 e. The van der Waals surface area contributed by atoms with Crippen molar-refractivity contribution in [2.75, 3.05) is 0 Å². The quantitative estimate of drug-likeness (QED) is 0.475. The lowest BCUT2D eigenvalue weighted by Gasteiger charge is -1.86. The molecule has 0 fully saturated rings. The molecule has 0 saturated carbocycles. The second-order valence-electron chi connectivity index (χ2n) is 1.38. The zero-order valence-electron chi connectivity index (χ0n) is 6.61. The molecule has 1 heterocycles. The number of hydrogen-bond acceptors (Lipinski definition) is 3. The zero-order valence-corrected chi connectivity index (χ0v) is 7.43. The predicted molar refractivity (Wildman–Crippen MR) is 47.1 cm³/mol. The molecule has 11 heavy (non-hydrogen) atoms. The summed E-state index contributed by atoms with van der Waals surface area (Å²) in [5.74, 6) is 0. The lowest BCUT2D eigenvalue weighted by atomic mass is 10.5. The monoisotopic (exact) mass is 166 g/mol. The average molecular weight is 166 g/mol. The highest BCUT2D eigenvalue weighted by Gasteiger charge is 1.86. The number of rotatable bonds is 1. The number of aromatic nitrogens is 1. The van der Waals surface area contributed by atoms with Gasteiger partial charge in [0.05, 0.1) is 0 Å². The Kier molecular flexibility index (Phi) is 6.45. The Morgan fingerprint density at radius 2 is 2.27 bits per heavy atom.